The van der Waals surface area contributed by atoms with Gasteiger partial charge in [0.2, 0.25) is 0 Å². The van der Waals surface area contributed by atoms with Crippen molar-refractivity contribution in [1.82, 2.24) is 4.57 Å². The van der Waals surface area contributed by atoms with Gasteiger partial charge in [-0.2, -0.15) is 0 Å². The summed E-state index contributed by atoms with van der Waals surface area (Å²) in [5.74, 6) is 0.594. The average Bonchev–Trinajstić information content (AvgIpc) is 2.89. The Balaban J connectivity index is 2.32. The lowest BCUT2D eigenvalue weighted by molar-refractivity contribution is 0.888. The lowest BCUT2D eigenvalue weighted by atomic mass is 10.1. The van der Waals surface area contributed by atoms with Crippen molar-refractivity contribution in [1.29, 1.82) is 0 Å². The number of rotatable bonds is 1. The second kappa shape index (κ2) is 2.86. The van der Waals surface area contributed by atoms with Gasteiger partial charge in [0, 0.05) is 35.6 Å². The predicted octanol–water partition coefficient (Wildman–Crippen LogP) is 2.30. The van der Waals surface area contributed by atoms with Crippen LogP contribution in [0.2, 0.25) is 0 Å². The van der Waals surface area contributed by atoms with Crippen LogP contribution in [-0.2, 0) is 7.05 Å². The van der Waals surface area contributed by atoms with Crippen LogP contribution in [-0.4, -0.2) is 10.6 Å². The molecule has 2 nitrogen and oxygen atoms in total. The van der Waals surface area contributed by atoms with Crippen molar-refractivity contribution in [2.24, 2.45) is 12.8 Å². The van der Waals surface area contributed by atoms with Crippen molar-refractivity contribution in [3.8, 4) is 0 Å². The molecule has 0 aliphatic heterocycles. The number of hydrogen-bond acceptors (Lipinski definition) is 1. The molecule has 1 aliphatic carbocycles. The van der Waals surface area contributed by atoms with Gasteiger partial charge >= 0.3 is 0 Å². The van der Waals surface area contributed by atoms with Crippen molar-refractivity contribution in [2.45, 2.75) is 25.3 Å². The maximum atomic E-state index is 5.96. The molecule has 0 saturated heterocycles. The molecule has 1 aliphatic rings. The first-order valence-electron chi connectivity index (χ1n) is 5.49. The molecule has 1 saturated carbocycles. The van der Waals surface area contributed by atoms with Gasteiger partial charge in [-0.1, -0.05) is 18.2 Å². The summed E-state index contributed by atoms with van der Waals surface area (Å²) < 4.78 is 2.27. The summed E-state index contributed by atoms with van der Waals surface area (Å²) in [6, 6.07) is 8.98. The van der Waals surface area contributed by atoms with E-state index in [-0.39, 0.29) is 0 Å². The van der Waals surface area contributed by atoms with Gasteiger partial charge in [0.1, 0.15) is 0 Å². The highest BCUT2D eigenvalue weighted by atomic mass is 15.0. The summed E-state index contributed by atoms with van der Waals surface area (Å²) in [5, 5.41) is 1.38. The second-order valence-electron chi connectivity index (χ2n) is 4.58. The summed E-state index contributed by atoms with van der Waals surface area (Å²) in [6.45, 7) is 2.19. The van der Waals surface area contributed by atoms with Gasteiger partial charge in [0.15, 0.2) is 0 Å². The third-order valence-corrected chi connectivity index (χ3v) is 3.66. The average molecular weight is 200 g/mol. The first kappa shape index (κ1) is 8.98. The number of nitrogens with zero attached hydrogens (tertiary/aromatic N) is 1. The smallest absolute Gasteiger partial charge is 0.0482 e. The Morgan fingerprint density at radius 3 is 2.67 bits per heavy atom. The molecule has 2 heteroatoms. The fourth-order valence-corrected chi connectivity index (χ4v) is 2.56. The molecule has 0 bridgehead atoms. The van der Waals surface area contributed by atoms with Crippen LogP contribution in [0.4, 0.5) is 0 Å². The van der Waals surface area contributed by atoms with E-state index in [1.807, 2.05) is 0 Å². The zero-order valence-electron chi connectivity index (χ0n) is 9.20. The highest BCUT2D eigenvalue weighted by Crippen LogP contribution is 2.44. The molecule has 2 aromatic rings. The van der Waals surface area contributed by atoms with Gasteiger partial charge in [-0.05, 0) is 25.0 Å². The Morgan fingerprint density at radius 2 is 2.00 bits per heavy atom. The Morgan fingerprint density at radius 1 is 1.33 bits per heavy atom. The maximum absolute atomic E-state index is 5.96. The van der Waals surface area contributed by atoms with Gasteiger partial charge < -0.3 is 10.3 Å². The summed E-state index contributed by atoms with van der Waals surface area (Å²) >= 11 is 0. The second-order valence-corrected chi connectivity index (χ2v) is 4.58. The molecule has 0 amide bonds. The van der Waals surface area contributed by atoms with E-state index in [4.69, 9.17) is 5.73 Å². The van der Waals surface area contributed by atoms with E-state index in [1.165, 1.54) is 22.2 Å². The van der Waals surface area contributed by atoms with Crippen LogP contribution in [0.3, 0.4) is 0 Å². The van der Waals surface area contributed by atoms with Crippen LogP contribution < -0.4 is 5.73 Å². The molecule has 0 radical (unpaired) electrons. The van der Waals surface area contributed by atoms with Crippen LogP contribution in [0.25, 0.3) is 10.9 Å². The largest absolute Gasteiger partial charge is 0.348 e. The Bertz CT molecular complexity index is 525. The van der Waals surface area contributed by atoms with Crippen molar-refractivity contribution in [2.75, 3.05) is 0 Å². The number of para-hydroxylation sites is 1. The predicted molar refractivity (Wildman–Crippen MR) is 63.0 cm³/mol. The monoisotopic (exact) mass is 200 g/mol. The van der Waals surface area contributed by atoms with E-state index >= 15 is 0 Å². The van der Waals surface area contributed by atoms with E-state index < -0.39 is 0 Å². The summed E-state index contributed by atoms with van der Waals surface area (Å²) in [5.41, 5.74) is 10.1. The normalized spacial score (nSPS) is 24.7. The molecule has 1 heterocycles. The van der Waals surface area contributed by atoms with Crippen molar-refractivity contribution >= 4 is 10.9 Å². The van der Waals surface area contributed by atoms with E-state index in [1.54, 1.807) is 0 Å². The molecule has 1 fully saturated rings. The highest BCUT2D eigenvalue weighted by Gasteiger charge is 2.38. The quantitative estimate of drug-likeness (QED) is 0.752. The summed E-state index contributed by atoms with van der Waals surface area (Å²) in [6.07, 6.45) is 1.15. The molecule has 78 valence electrons. The fourth-order valence-electron chi connectivity index (χ4n) is 2.56. The fraction of sp³-hybridized carbons (Fsp3) is 0.385. The molecule has 1 aromatic heterocycles. The number of hydrogen-bond donors (Lipinski definition) is 1. The first-order valence-corrected chi connectivity index (χ1v) is 5.49. The molecular formula is C13H16N2. The summed E-state index contributed by atoms with van der Waals surface area (Å²) in [4.78, 5) is 0. The molecule has 0 spiro atoms. The van der Waals surface area contributed by atoms with Crippen molar-refractivity contribution in [3.63, 3.8) is 0 Å². The zero-order chi connectivity index (χ0) is 10.6. The van der Waals surface area contributed by atoms with Crippen LogP contribution in [0, 0.1) is 6.92 Å². The molecule has 2 N–H and O–H groups in total. The van der Waals surface area contributed by atoms with Gasteiger partial charge in [0.05, 0.1) is 0 Å². The van der Waals surface area contributed by atoms with Crippen LogP contribution in [0.15, 0.2) is 24.3 Å². The number of fused-ring (bicyclic) bond motifs is 1. The van der Waals surface area contributed by atoms with E-state index in [0.29, 0.717) is 12.0 Å². The Kier molecular flexibility index (Phi) is 1.71. The SMILES string of the molecule is Cc1c([C@@H]2C[C@H]2N)c2ccccc2n1C. The minimum atomic E-state index is 0.384. The number of aromatic nitrogens is 1. The lowest BCUT2D eigenvalue weighted by Crippen LogP contribution is -2.02. The molecular weight excluding hydrogens is 184 g/mol. The molecule has 3 rings (SSSR count). The Hall–Kier alpha value is -1.28. The lowest BCUT2D eigenvalue weighted by Gasteiger charge is -1.99. The molecule has 15 heavy (non-hydrogen) atoms. The maximum Gasteiger partial charge on any atom is 0.0482 e. The van der Waals surface area contributed by atoms with Gasteiger partial charge in [0.25, 0.3) is 0 Å². The minimum Gasteiger partial charge on any atom is -0.348 e. The van der Waals surface area contributed by atoms with Crippen LogP contribution in [0.5, 0.6) is 0 Å². The number of aryl methyl sites for hydroxylation is 1. The third-order valence-electron chi connectivity index (χ3n) is 3.66. The molecule has 1 aromatic carbocycles. The van der Waals surface area contributed by atoms with Gasteiger partial charge in [-0.3, -0.25) is 0 Å². The van der Waals surface area contributed by atoms with E-state index in [9.17, 15) is 0 Å². The Labute approximate surface area is 89.7 Å². The first-order chi connectivity index (χ1) is 7.20. The number of benzene rings is 1. The van der Waals surface area contributed by atoms with Crippen molar-refractivity contribution < 1.29 is 0 Å². The zero-order valence-corrected chi connectivity index (χ0v) is 9.20. The van der Waals surface area contributed by atoms with Crippen LogP contribution in [0.1, 0.15) is 23.6 Å². The van der Waals surface area contributed by atoms with Gasteiger partial charge in [-0.25, -0.2) is 0 Å². The minimum absolute atomic E-state index is 0.384. The highest BCUT2D eigenvalue weighted by molar-refractivity contribution is 5.86. The van der Waals surface area contributed by atoms with E-state index in [2.05, 4.69) is 42.8 Å². The molecule has 0 unspecified atom stereocenters. The third kappa shape index (κ3) is 1.15. The molecule has 2 atom stereocenters. The summed E-state index contributed by atoms with van der Waals surface area (Å²) in [7, 11) is 2.13. The number of nitrogens with two attached hydrogens (primary N) is 1. The van der Waals surface area contributed by atoms with E-state index in [0.717, 1.165) is 6.42 Å². The standard InChI is InChI=1S/C13H16N2/c1-8-13(10-7-11(10)14)9-5-3-4-6-12(9)15(8)2/h3-6,10-11H,7,14H2,1-2H3/t10-,11-/m1/s1. The van der Waals surface area contributed by atoms with Crippen LogP contribution >= 0.6 is 0 Å². The topological polar surface area (TPSA) is 30.9 Å². The van der Waals surface area contributed by atoms with Crippen molar-refractivity contribution in [3.05, 3.63) is 35.5 Å². The van der Waals surface area contributed by atoms with Gasteiger partial charge in [-0.15, -0.1) is 0 Å².